The molecule has 0 rings (SSSR count). The molecule has 2 heteroatoms. The summed E-state index contributed by atoms with van der Waals surface area (Å²) >= 11 is 1.47. The summed E-state index contributed by atoms with van der Waals surface area (Å²) in [7, 11) is 0. The van der Waals surface area contributed by atoms with Crippen molar-refractivity contribution in [1.82, 2.24) is 0 Å². The van der Waals surface area contributed by atoms with Gasteiger partial charge in [-0.15, -0.1) is 0 Å². The molecule has 0 saturated heterocycles. The van der Waals surface area contributed by atoms with Crippen molar-refractivity contribution in [2.45, 2.75) is 25.6 Å². The second-order valence-corrected chi connectivity index (χ2v) is 2.64. The predicted octanol–water partition coefficient (Wildman–Crippen LogP) is 1.44. The van der Waals surface area contributed by atoms with E-state index in [1.54, 1.807) is 6.92 Å². The normalized spacial score (nSPS) is 9.43. The Bertz CT molecular complexity index is 61.1. The third-order valence-electron chi connectivity index (χ3n) is 0.376. The molecule has 0 aromatic rings. The fourth-order valence-electron chi connectivity index (χ4n) is 0.182. The second kappa shape index (κ2) is 4.35. The van der Waals surface area contributed by atoms with E-state index in [0.717, 1.165) is 11.7 Å². The van der Waals surface area contributed by atoms with Gasteiger partial charge in [-0.1, -0.05) is 0 Å². The van der Waals surface area contributed by atoms with Gasteiger partial charge in [0.25, 0.3) is 0 Å². The molecule has 0 bridgehead atoms. The molecule has 0 spiro atoms. The van der Waals surface area contributed by atoms with Crippen LogP contribution in [0.2, 0.25) is 5.32 Å². The van der Waals surface area contributed by atoms with Crippen LogP contribution < -0.4 is 0 Å². The number of hydrogen-bond acceptors (Lipinski definition) is 1. The van der Waals surface area contributed by atoms with Crippen molar-refractivity contribution in [2.75, 3.05) is 0 Å². The van der Waals surface area contributed by atoms with Gasteiger partial charge in [-0.3, -0.25) is 0 Å². The molecule has 47 valence electrons. The molecule has 0 aliphatic rings. The summed E-state index contributed by atoms with van der Waals surface area (Å²) in [6, 6.07) is 0. The third kappa shape index (κ3) is 6.19. The molecule has 0 amide bonds. The number of hydrogen-bond donors (Lipinski definition) is 0. The van der Waals surface area contributed by atoms with Gasteiger partial charge >= 0.3 is 50.0 Å². The summed E-state index contributed by atoms with van der Waals surface area (Å²) in [5, 5.41) is 0.957. The van der Waals surface area contributed by atoms with Crippen molar-refractivity contribution in [3.05, 3.63) is 0 Å². The van der Waals surface area contributed by atoms with Crippen molar-refractivity contribution in [1.29, 1.82) is 0 Å². The van der Waals surface area contributed by atoms with Gasteiger partial charge in [-0.25, -0.2) is 0 Å². The Hall–Kier alpha value is 0.189. The minimum absolute atomic E-state index is 0.214. The van der Waals surface area contributed by atoms with Crippen molar-refractivity contribution < 1.29 is 19.8 Å². The zero-order valence-electron chi connectivity index (χ0n) is 4.62. The summed E-state index contributed by atoms with van der Waals surface area (Å²) in [6.45, 7) is 3.66. The first kappa shape index (κ1) is 7.19. The van der Waals surface area contributed by atoms with Gasteiger partial charge in [0.15, 0.2) is 0 Å². The van der Waals surface area contributed by atoms with Crippen LogP contribution in [0.1, 0.15) is 20.3 Å². The minimum atomic E-state index is 0.214. The van der Waals surface area contributed by atoms with E-state index in [-0.39, 0.29) is 4.68 Å². The van der Waals surface area contributed by atoms with Crippen molar-refractivity contribution in [2.24, 2.45) is 0 Å². The first-order chi connectivity index (χ1) is 3.27. The molecular formula is C5H10CuO. The molecule has 0 aliphatic carbocycles. The molecule has 7 heavy (non-hydrogen) atoms. The van der Waals surface area contributed by atoms with Crippen LogP contribution in [0.3, 0.4) is 0 Å². The monoisotopic (exact) mass is 149 g/mol. The standard InChI is InChI=1S/C3H7.C2H3O.Cu/c1-3-2;1-2-3;/h1,3H2,2H3;1H3;. The van der Waals surface area contributed by atoms with E-state index in [1.807, 2.05) is 0 Å². The number of rotatable bonds is 3. The van der Waals surface area contributed by atoms with E-state index >= 15 is 0 Å². The average molecular weight is 150 g/mol. The van der Waals surface area contributed by atoms with E-state index in [0.29, 0.717) is 0 Å². The predicted molar refractivity (Wildman–Crippen MR) is 25.8 cm³/mol. The molecule has 1 nitrogen and oxygen atoms in total. The molecule has 0 unspecified atom stereocenters. The van der Waals surface area contributed by atoms with Crippen LogP contribution in [0.4, 0.5) is 0 Å². The van der Waals surface area contributed by atoms with Crippen molar-refractivity contribution in [3.63, 3.8) is 0 Å². The molecule has 0 atom stereocenters. The topological polar surface area (TPSA) is 17.1 Å². The van der Waals surface area contributed by atoms with Crippen LogP contribution in [0.5, 0.6) is 0 Å². The third-order valence-corrected chi connectivity index (χ3v) is 1.55. The van der Waals surface area contributed by atoms with Crippen LogP contribution >= 0.6 is 0 Å². The molecular weight excluding hydrogens is 140 g/mol. The molecule has 0 radical (unpaired) electrons. The maximum atomic E-state index is 10.2. The Labute approximate surface area is 50.6 Å². The molecule has 0 heterocycles. The van der Waals surface area contributed by atoms with E-state index in [9.17, 15) is 4.79 Å². The van der Waals surface area contributed by atoms with Gasteiger partial charge < -0.3 is 0 Å². The van der Waals surface area contributed by atoms with Gasteiger partial charge in [0.05, 0.1) is 0 Å². The Morgan fingerprint density at radius 1 is 1.71 bits per heavy atom. The van der Waals surface area contributed by atoms with Gasteiger partial charge in [0.2, 0.25) is 0 Å². The first-order valence-electron chi connectivity index (χ1n) is 2.28. The van der Waals surface area contributed by atoms with Gasteiger partial charge in [-0.2, -0.15) is 0 Å². The quantitative estimate of drug-likeness (QED) is 0.556. The van der Waals surface area contributed by atoms with E-state index in [4.69, 9.17) is 0 Å². The Morgan fingerprint density at radius 2 is 2.29 bits per heavy atom. The number of carbonyl (C=O) groups is 1. The zero-order valence-corrected chi connectivity index (χ0v) is 5.57. The number of carbonyl (C=O) groups excluding carboxylic acids is 1. The Morgan fingerprint density at radius 3 is 2.43 bits per heavy atom. The molecule has 0 saturated carbocycles. The van der Waals surface area contributed by atoms with Crippen LogP contribution in [-0.4, -0.2) is 4.68 Å². The molecule has 0 aromatic carbocycles. The fraction of sp³-hybridized carbons (Fsp3) is 0.800. The van der Waals surface area contributed by atoms with Crippen LogP contribution in [-0.2, 0) is 19.8 Å². The molecule has 0 aromatic heterocycles. The molecule has 0 fully saturated rings. The van der Waals surface area contributed by atoms with Crippen LogP contribution in [0, 0.1) is 0 Å². The summed E-state index contributed by atoms with van der Waals surface area (Å²) in [6.07, 6.45) is 1.08. The zero-order chi connectivity index (χ0) is 5.70. The summed E-state index contributed by atoms with van der Waals surface area (Å²) < 4.78 is 0.214. The van der Waals surface area contributed by atoms with Gasteiger partial charge in [-0.05, 0) is 0 Å². The summed E-state index contributed by atoms with van der Waals surface area (Å²) in [4.78, 5) is 10.2. The van der Waals surface area contributed by atoms with Gasteiger partial charge in [0.1, 0.15) is 0 Å². The summed E-state index contributed by atoms with van der Waals surface area (Å²) in [5.74, 6) is 0. The summed E-state index contributed by atoms with van der Waals surface area (Å²) in [5.41, 5.74) is 0. The van der Waals surface area contributed by atoms with E-state index in [1.165, 1.54) is 15.0 Å². The fourth-order valence-corrected chi connectivity index (χ4v) is 0.748. The second-order valence-electron chi connectivity index (χ2n) is 1.17. The first-order valence-corrected chi connectivity index (χ1v) is 3.41. The Balaban J connectivity index is 2.82. The molecule has 0 aliphatic heterocycles. The van der Waals surface area contributed by atoms with Gasteiger partial charge in [0, 0.05) is 0 Å². The maximum absolute atomic E-state index is 10.2. The van der Waals surface area contributed by atoms with Crippen molar-refractivity contribution in [3.8, 4) is 0 Å². The van der Waals surface area contributed by atoms with Crippen LogP contribution in [0.15, 0.2) is 0 Å². The average Bonchev–Trinajstić information content (AvgIpc) is 1.61. The SMILES string of the molecule is CC[CH2][Cu][C](C)=O. The van der Waals surface area contributed by atoms with E-state index < -0.39 is 0 Å². The van der Waals surface area contributed by atoms with Crippen LogP contribution in [0.25, 0.3) is 0 Å². The Kier molecular flexibility index (Phi) is 4.47. The van der Waals surface area contributed by atoms with Crippen molar-refractivity contribution >= 4 is 4.68 Å². The van der Waals surface area contributed by atoms with E-state index in [2.05, 4.69) is 6.92 Å². The molecule has 0 N–H and O–H groups in total.